The number of pyridine rings is 1. The number of carbonyl (C=O) groups excluding carboxylic acids is 2. The summed E-state index contributed by atoms with van der Waals surface area (Å²) < 4.78 is 6.03. The third-order valence-electron chi connectivity index (χ3n) is 3.77. The molecule has 0 fully saturated rings. The van der Waals surface area contributed by atoms with Gasteiger partial charge in [0, 0.05) is 19.3 Å². The molecule has 3 N–H and O–H groups in total. The number of hydrogen-bond acceptors (Lipinski definition) is 7. The highest BCUT2D eigenvalue weighted by Crippen LogP contribution is 2.06. The minimum atomic E-state index is -1.27. The number of ether oxygens (including phenoxy) is 1. The number of nitrogens with zero attached hydrogens (tertiary/aromatic N) is 3. The minimum absolute atomic E-state index is 0.00162. The average molecular weight is 421 g/mol. The van der Waals surface area contributed by atoms with Crippen LogP contribution in [0.5, 0.6) is 0 Å². The molecule has 0 aliphatic rings. The van der Waals surface area contributed by atoms with Gasteiger partial charge in [0.05, 0.1) is 5.39 Å². The van der Waals surface area contributed by atoms with Crippen molar-refractivity contribution in [3.05, 3.63) is 39.2 Å². The van der Waals surface area contributed by atoms with Crippen LogP contribution in [-0.4, -0.2) is 67.7 Å². The van der Waals surface area contributed by atoms with Crippen LogP contribution in [0, 0.1) is 0 Å². The number of nitrogens with one attached hydrogen (secondary N) is 2. The number of carboxylic acids is 1. The lowest BCUT2D eigenvalue weighted by Crippen LogP contribution is -2.45. The van der Waals surface area contributed by atoms with Gasteiger partial charge in [0.15, 0.2) is 0 Å². The minimum Gasteiger partial charge on any atom is -0.480 e. The Bertz CT molecular complexity index is 1070. The zero-order chi connectivity index (χ0) is 22.5. The maximum Gasteiger partial charge on any atom is 0.407 e. The van der Waals surface area contributed by atoms with E-state index in [2.05, 4.69) is 15.3 Å². The van der Waals surface area contributed by atoms with Crippen LogP contribution in [0.15, 0.2) is 27.9 Å². The second-order valence-corrected chi connectivity index (χ2v) is 7.36. The highest BCUT2D eigenvalue weighted by Gasteiger charge is 2.21. The van der Waals surface area contributed by atoms with Gasteiger partial charge in [0.25, 0.3) is 5.56 Å². The SMILES string of the molecule is CC(C)(C)OC(=O)NCCN(CC(=O)O)C(=O)Cn1c(=O)[nH]c(=O)c2cccnc21. The van der Waals surface area contributed by atoms with Crippen LogP contribution in [0.3, 0.4) is 0 Å². The van der Waals surface area contributed by atoms with Crippen molar-refractivity contribution >= 4 is 29.0 Å². The van der Waals surface area contributed by atoms with Crippen molar-refractivity contribution in [1.29, 1.82) is 0 Å². The van der Waals surface area contributed by atoms with Gasteiger partial charge in [-0.15, -0.1) is 0 Å². The fourth-order valence-electron chi connectivity index (χ4n) is 2.56. The summed E-state index contributed by atoms with van der Waals surface area (Å²) in [5, 5.41) is 11.6. The van der Waals surface area contributed by atoms with Gasteiger partial charge >= 0.3 is 17.8 Å². The summed E-state index contributed by atoms with van der Waals surface area (Å²) in [5.74, 6) is -1.97. The van der Waals surface area contributed by atoms with E-state index < -0.39 is 47.9 Å². The topological polar surface area (TPSA) is 164 Å². The molecule has 162 valence electrons. The zero-order valence-electron chi connectivity index (χ0n) is 16.8. The van der Waals surface area contributed by atoms with Gasteiger partial charge < -0.3 is 20.1 Å². The summed E-state index contributed by atoms with van der Waals surface area (Å²) >= 11 is 0. The number of rotatable bonds is 7. The van der Waals surface area contributed by atoms with Crippen molar-refractivity contribution in [2.45, 2.75) is 32.9 Å². The first kappa shape index (κ1) is 22.6. The number of alkyl carbamates (subject to hydrolysis) is 1. The molecule has 0 aromatic carbocycles. The van der Waals surface area contributed by atoms with E-state index in [1.807, 2.05) is 0 Å². The van der Waals surface area contributed by atoms with Gasteiger partial charge in [-0.25, -0.2) is 14.6 Å². The van der Waals surface area contributed by atoms with E-state index in [1.54, 1.807) is 20.8 Å². The molecular formula is C18H23N5O7. The third kappa shape index (κ3) is 6.15. The lowest BCUT2D eigenvalue weighted by molar-refractivity contribution is -0.144. The molecular weight excluding hydrogens is 398 g/mol. The van der Waals surface area contributed by atoms with Gasteiger partial charge in [-0.05, 0) is 32.9 Å². The van der Waals surface area contributed by atoms with Crippen molar-refractivity contribution in [2.75, 3.05) is 19.6 Å². The summed E-state index contributed by atoms with van der Waals surface area (Å²) in [7, 11) is 0. The molecule has 0 saturated heterocycles. The van der Waals surface area contributed by atoms with Crippen molar-refractivity contribution in [3.63, 3.8) is 0 Å². The Morgan fingerprint density at radius 3 is 2.63 bits per heavy atom. The Balaban J connectivity index is 2.16. The molecule has 0 spiro atoms. The largest absolute Gasteiger partial charge is 0.480 e. The highest BCUT2D eigenvalue weighted by atomic mass is 16.6. The number of amides is 2. The lowest BCUT2D eigenvalue weighted by atomic mass is 10.2. The lowest BCUT2D eigenvalue weighted by Gasteiger charge is -2.23. The Morgan fingerprint density at radius 1 is 1.30 bits per heavy atom. The quantitative estimate of drug-likeness (QED) is 0.540. The van der Waals surface area contributed by atoms with Crippen LogP contribution in [-0.2, 0) is 20.9 Å². The molecule has 2 rings (SSSR count). The summed E-state index contributed by atoms with van der Waals surface area (Å²) in [5.41, 5.74) is -2.20. The Morgan fingerprint density at radius 2 is 2.00 bits per heavy atom. The number of aromatic amines is 1. The van der Waals surface area contributed by atoms with Crippen LogP contribution in [0.1, 0.15) is 20.8 Å². The van der Waals surface area contributed by atoms with Gasteiger partial charge in [-0.2, -0.15) is 0 Å². The van der Waals surface area contributed by atoms with Gasteiger partial charge in [-0.1, -0.05) is 0 Å². The van der Waals surface area contributed by atoms with Gasteiger partial charge in [0.1, 0.15) is 24.3 Å². The predicted octanol–water partition coefficient (Wildman–Crippen LogP) is -0.477. The molecule has 12 nitrogen and oxygen atoms in total. The van der Waals surface area contributed by atoms with Gasteiger partial charge in [0.2, 0.25) is 5.91 Å². The van der Waals surface area contributed by atoms with Crippen LogP contribution in [0.25, 0.3) is 11.0 Å². The molecule has 0 bridgehead atoms. The number of carboxylic acid groups (broad SMARTS) is 1. The van der Waals surface area contributed by atoms with Crippen LogP contribution < -0.4 is 16.6 Å². The first-order chi connectivity index (χ1) is 14.0. The van der Waals surface area contributed by atoms with E-state index in [0.717, 1.165) is 9.47 Å². The van der Waals surface area contributed by atoms with Crippen molar-refractivity contribution < 1.29 is 24.2 Å². The summed E-state index contributed by atoms with van der Waals surface area (Å²) in [6.07, 6.45) is 0.652. The second kappa shape index (κ2) is 9.20. The monoisotopic (exact) mass is 421 g/mol. The van der Waals surface area contributed by atoms with Crippen molar-refractivity contribution in [2.24, 2.45) is 0 Å². The molecule has 30 heavy (non-hydrogen) atoms. The third-order valence-corrected chi connectivity index (χ3v) is 3.77. The molecule has 0 unspecified atom stereocenters. The molecule has 0 atom stereocenters. The number of H-pyrrole nitrogens is 1. The molecule has 2 heterocycles. The molecule has 0 radical (unpaired) electrons. The van der Waals surface area contributed by atoms with E-state index in [1.165, 1.54) is 18.3 Å². The number of hydrogen-bond donors (Lipinski definition) is 3. The first-order valence-corrected chi connectivity index (χ1v) is 9.02. The van der Waals surface area contributed by atoms with E-state index >= 15 is 0 Å². The fourth-order valence-corrected chi connectivity index (χ4v) is 2.56. The molecule has 0 saturated carbocycles. The maximum absolute atomic E-state index is 12.7. The maximum atomic E-state index is 12.7. The summed E-state index contributed by atoms with van der Waals surface area (Å²) in [6.45, 7) is 3.69. The van der Waals surface area contributed by atoms with Crippen molar-refractivity contribution in [1.82, 2.24) is 24.8 Å². The molecule has 2 aromatic heterocycles. The molecule has 0 aliphatic carbocycles. The standard InChI is InChI=1S/C18H23N5O7/c1-18(2,3)30-17(29)20-7-8-22(10-13(25)26)12(24)9-23-14-11(5-4-6-19-14)15(27)21-16(23)28/h4-6H,7-10H2,1-3H3,(H,20,29)(H,25,26)(H,21,27,28). The number of carbonyl (C=O) groups is 3. The zero-order valence-corrected chi connectivity index (χ0v) is 16.8. The Kier molecular flexibility index (Phi) is 6.93. The van der Waals surface area contributed by atoms with E-state index in [-0.39, 0.29) is 24.1 Å². The molecule has 0 aliphatic heterocycles. The van der Waals surface area contributed by atoms with E-state index in [9.17, 15) is 24.0 Å². The molecule has 2 amide bonds. The van der Waals surface area contributed by atoms with E-state index in [0.29, 0.717) is 0 Å². The number of aliphatic carboxylic acids is 1. The molecule has 2 aromatic rings. The summed E-state index contributed by atoms with van der Waals surface area (Å²) in [6, 6.07) is 2.95. The fraction of sp³-hybridized carbons (Fsp3) is 0.444. The molecule has 12 heteroatoms. The Hall–Kier alpha value is -3.70. The van der Waals surface area contributed by atoms with Crippen LogP contribution in [0.2, 0.25) is 0 Å². The highest BCUT2D eigenvalue weighted by molar-refractivity contribution is 5.83. The average Bonchev–Trinajstić information content (AvgIpc) is 2.62. The first-order valence-electron chi connectivity index (χ1n) is 9.02. The van der Waals surface area contributed by atoms with Gasteiger partial charge in [-0.3, -0.25) is 23.9 Å². The summed E-state index contributed by atoms with van der Waals surface area (Å²) in [4.78, 5) is 66.6. The number of aromatic nitrogens is 3. The smallest absolute Gasteiger partial charge is 0.407 e. The normalized spacial score (nSPS) is 11.2. The van der Waals surface area contributed by atoms with Crippen molar-refractivity contribution in [3.8, 4) is 0 Å². The second-order valence-electron chi connectivity index (χ2n) is 7.36. The van der Waals surface area contributed by atoms with E-state index in [4.69, 9.17) is 9.84 Å². The Labute approximate surface area is 170 Å². The van der Waals surface area contributed by atoms with Crippen LogP contribution in [0.4, 0.5) is 4.79 Å². The predicted molar refractivity (Wildman–Crippen MR) is 105 cm³/mol. The van der Waals surface area contributed by atoms with Crippen LogP contribution >= 0.6 is 0 Å². The number of fused-ring (bicyclic) bond motifs is 1.